The molecular formula is C14H16FN3O. The molecule has 1 aromatic carbocycles. The van der Waals surface area contributed by atoms with Crippen molar-refractivity contribution in [3.63, 3.8) is 0 Å². The van der Waals surface area contributed by atoms with Gasteiger partial charge in [-0.3, -0.25) is 0 Å². The SMILES string of the molecule is COc1cc(CNc2cc(C)c(F)cc2N)ccn1. The largest absolute Gasteiger partial charge is 0.481 e. The first-order chi connectivity index (χ1) is 9.10. The Morgan fingerprint density at radius 2 is 2.16 bits per heavy atom. The first kappa shape index (κ1) is 13.1. The molecule has 2 aromatic rings. The molecule has 5 heteroatoms. The number of ether oxygens (including phenoxy) is 1. The monoisotopic (exact) mass is 261 g/mol. The molecule has 0 amide bonds. The molecule has 1 aromatic heterocycles. The number of anilines is 2. The Kier molecular flexibility index (Phi) is 3.85. The number of nitrogen functional groups attached to an aromatic ring is 1. The predicted octanol–water partition coefficient (Wildman–Crippen LogP) is 2.73. The smallest absolute Gasteiger partial charge is 0.213 e. The van der Waals surface area contributed by atoms with Crippen molar-refractivity contribution in [3.05, 3.63) is 47.4 Å². The Balaban J connectivity index is 2.12. The van der Waals surface area contributed by atoms with Crippen molar-refractivity contribution in [1.29, 1.82) is 0 Å². The lowest BCUT2D eigenvalue weighted by Gasteiger charge is -2.11. The molecule has 4 nitrogen and oxygen atoms in total. The minimum absolute atomic E-state index is 0.298. The first-order valence-electron chi connectivity index (χ1n) is 5.88. The van der Waals surface area contributed by atoms with Crippen LogP contribution in [0.15, 0.2) is 30.5 Å². The molecule has 0 saturated carbocycles. The van der Waals surface area contributed by atoms with Crippen molar-refractivity contribution in [2.45, 2.75) is 13.5 Å². The van der Waals surface area contributed by atoms with Gasteiger partial charge in [-0.25, -0.2) is 9.37 Å². The van der Waals surface area contributed by atoms with Crippen molar-refractivity contribution >= 4 is 11.4 Å². The maximum atomic E-state index is 13.3. The second-order valence-electron chi connectivity index (χ2n) is 4.25. The summed E-state index contributed by atoms with van der Waals surface area (Å²) in [6, 6.07) is 6.73. The summed E-state index contributed by atoms with van der Waals surface area (Å²) < 4.78 is 18.3. The van der Waals surface area contributed by atoms with Gasteiger partial charge in [0, 0.05) is 18.8 Å². The number of nitrogens with two attached hydrogens (primary N) is 1. The fourth-order valence-corrected chi connectivity index (χ4v) is 1.72. The van der Waals surface area contributed by atoms with E-state index in [-0.39, 0.29) is 5.82 Å². The van der Waals surface area contributed by atoms with Crippen molar-refractivity contribution in [3.8, 4) is 5.88 Å². The van der Waals surface area contributed by atoms with E-state index in [0.717, 1.165) is 11.3 Å². The van der Waals surface area contributed by atoms with Gasteiger partial charge in [-0.05, 0) is 36.2 Å². The van der Waals surface area contributed by atoms with Crippen molar-refractivity contribution in [1.82, 2.24) is 4.98 Å². The van der Waals surface area contributed by atoms with E-state index in [4.69, 9.17) is 10.5 Å². The highest BCUT2D eigenvalue weighted by atomic mass is 19.1. The van der Waals surface area contributed by atoms with Crippen LogP contribution in [0.2, 0.25) is 0 Å². The third-order valence-electron chi connectivity index (χ3n) is 2.82. The molecule has 0 unspecified atom stereocenters. The summed E-state index contributed by atoms with van der Waals surface area (Å²) in [5, 5.41) is 3.17. The normalized spacial score (nSPS) is 10.3. The molecule has 2 rings (SSSR count). The van der Waals surface area contributed by atoms with Gasteiger partial charge >= 0.3 is 0 Å². The quantitative estimate of drug-likeness (QED) is 0.831. The van der Waals surface area contributed by atoms with Gasteiger partial charge in [-0.1, -0.05) is 0 Å². The molecule has 0 aliphatic rings. The summed E-state index contributed by atoms with van der Waals surface area (Å²) in [5.41, 5.74) is 8.45. The van der Waals surface area contributed by atoms with Crippen molar-refractivity contribution < 1.29 is 9.13 Å². The Morgan fingerprint density at radius 3 is 2.89 bits per heavy atom. The van der Waals surface area contributed by atoms with E-state index in [1.807, 2.05) is 12.1 Å². The summed E-state index contributed by atoms with van der Waals surface area (Å²) in [4.78, 5) is 4.03. The van der Waals surface area contributed by atoms with Gasteiger partial charge in [0.2, 0.25) is 5.88 Å². The molecule has 0 radical (unpaired) electrons. The Hall–Kier alpha value is -2.30. The minimum atomic E-state index is -0.298. The number of hydrogen-bond acceptors (Lipinski definition) is 4. The van der Waals surface area contributed by atoms with E-state index in [1.54, 1.807) is 26.3 Å². The Bertz CT molecular complexity index is 587. The van der Waals surface area contributed by atoms with Crippen LogP contribution in [0.5, 0.6) is 5.88 Å². The van der Waals surface area contributed by atoms with E-state index in [9.17, 15) is 4.39 Å². The lowest BCUT2D eigenvalue weighted by atomic mass is 10.1. The molecule has 1 heterocycles. The van der Waals surface area contributed by atoms with E-state index in [0.29, 0.717) is 23.7 Å². The lowest BCUT2D eigenvalue weighted by molar-refractivity contribution is 0.397. The van der Waals surface area contributed by atoms with Gasteiger partial charge in [0.1, 0.15) is 5.82 Å². The van der Waals surface area contributed by atoms with Gasteiger partial charge in [0.15, 0.2) is 0 Å². The fourth-order valence-electron chi connectivity index (χ4n) is 1.72. The Labute approximate surface area is 111 Å². The van der Waals surface area contributed by atoms with E-state index in [2.05, 4.69) is 10.3 Å². The minimum Gasteiger partial charge on any atom is -0.481 e. The van der Waals surface area contributed by atoms with E-state index >= 15 is 0 Å². The molecule has 0 aliphatic carbocycles. The molecule has 0 spiro atoms. The van der Waals surface area contributed by atoms with E-state index < -0.39 is 0 Å². The van der Waals surface area contributed by atoms with Gasteiger partial charge in [0.05, 0.1) is 18.5 Å². The molecule has 0 saturated heterocycles. The zero-order valence-corrected chi connectivity index (χ0v) is 10.9. The molecule has 0 fully saturated rings. The topological polar surface area (TPSA) is 60.2 Å². The van der Waals surface area contributed by atoms with Crippen LogP contribution in [0.1, 0.15) is 11.1 Å². The number of pyridine rings is 1. The first-order valence-corrected chi connectivity index (χ1v) is 5.88. The summed E-state index contributed by atoms with van der Waals surface area (Å²) in [6.07, 6.45) is 1.68. The van der Waals surface area contributed by atoms with Gasteiger partial charge < -0.3 is 15.8 Å². The van der Waals surface area contributed by atoms with Crippen molar-refractivity contribution in [2.75, 3.05) is 18.2 Å². The lowest BCUT2D eigenvalue weighted by Crippen LogP contribution is -2.04. The second kappa shape index (κ2) is 5.56. The van der Waals surface area contributed by atoms with Crippen LogP contribution in [0.3, 0.4) is 0 Å². The van der Waals surface area contributed by atoms with Crippen LogP contribution in [-0.2, 0) is 6.54 Å². The summed E-state index contributed by atoms with van der Waals surface area (Å²) in [6.45, 7) is 2.27. The second-order valence-corrected chi connectivity index (χ2v) is 4.25. The Morgan fingerprint density at radius 1 is 1.37 bits per heavy atom. The number of nitrogens with one attached hydrogen (secondary N) is 1. The number of benzene rings is 1. The van der Waals surface area contributed by atoms with Crippen LogP contribution in [-0.4, -0.2) is 12.1 Å². The molecular weight excluding hydrogens is 245 g/mol. The summed E-state index contributed by atoms with van der Waals surface area (Å²) >= 11 is 0. The number of hydrogen-bond donors (Lipinski definition) is 2. The van der Waals surface area contributed by atoms with Crippen LogP contribution in [0, 0.1) is 12.7 Å². The van der Waals surface area contributed by atoms with Gasteiger partial charge in [0.25, 0.3) is 0 Å². The number of methoxy groups -OCH3 is 1. The fraction of sp³-hybridized carbons (Fsp3) is 0.214. The maximum absolute atomic E-state index is 13.3. The van der Waals surface area contributed by atoms with Gasteiger partial charge in [-0.2, -0.15) is 0 Å². The number of aryl methyl sites for hydroxylation is 1. The molecule has 0 aliphatic heterocycles. The third kappa shape index (κ3) is 3.13. The third-order valence-corrected chi connectivity index (χ3v) is 2.82. The highest BCUT2D eigenvalue weighted by molar-refractivity contribution is 5.67. The average molecular weight is 261 g/mol. The molecule has 19 heavy (non-hydrogen) atoms. The van der Waals surface area contributed by atoms with Crippen LogP contribution >= 0.6 is 0 Å². The number of rotatable bonds is 4. The molecule has 0 atom stereocenters. The zero-order chi connectivity index (χ0) is 13.8. The number of nitrogens with zero attached hydrogens (tertiary/aromatic N) is 1. The summed E-state index contributed by atoms with van der Waals surface area (Å²) in [5.74, 6) is 0.260. The van der Waals surface area contributed by atoms with Gasteiger partial charge in [-0.15, -0.1) is 0 Å². The van der Waals surface area contributed by atoms with Crippen LogP contribution in [0.4, 0.5) is 15.8 Å². The highest BCUT2D eigenvalue weighted by Crippen LogP contribution is 2.23. The van der Waals surface area contributed by atoms with Crippen molar-refractivity contribution in [2.24, 2.45) is 0 Å². The van der Waals surface area contributed by atoms with Crippen LogP contribution < -0.4 is 15.8 Å². The molecule has 100 valence electrons. The molecule has 3 N–H and O–H groups in total. The number of halogens is 1. The zero-order valence-electron chi connectivity index (χ0n) is 10.9. The number of aromatic nitrogens is 1. The standard InChI is InChI=1S/C14H16FN3O/c1-9-5-13(12(16)7-11(9)15)18-8-10-3-4-17-14(6-10)19-2/h3-7,18H,8,16H2,1-2H3. The molecule has 0 bridgehead atoms. The summed E-state index contributed by atoms with van der Waals surface area (Å²) in [7, 11) is 1.57. The van der Waals surface area contributed by atoms with E-state index in [1.165, 1.54) is 6.07 Å². The predicted molar refractivity (Wildman–Crippen MR) is 73.7 cm³/mol. The average Bonchev–Trinajstić information content (AvgIpc) is 2.41. The highest BCUT2D eigenvalue weighted by Gasteiger charge is 2.05. The van der Waals surface area contributed by atoms with Crippen LogP contribution in [0.25, 0.3) is 0 Å². The maximum Gasteiger partial charge on any atom is 0.213 e.